The number of hydrogen-bond acceptors (Lipinski definition) is 0. The van der Waals surface area contributed by atoms with Crippen LogP contribution in [0.4, 0.5) is 0 Å². The maximum Gasteiger partial charge on any atom is 1.00 e. The Balaban J connectivity index is 0.0000000900. The second-order valence-corrected chi connectivity index (χ2v) is 0.577. The molecular weight excluding hydrogens is 41.8 g/mol. The van der Waals surface area contributed by atoms with E-state index in [0.717, 1.165) is 0 Å². The Morgan fingerprint density at radius 3 is 1.50 bits per heavy atom. The van der Waals surface area contributed by atoms with Crippen LogP contribution in [-0.4, -0.2) is 7.28 Å². The second-order valence-electron chi connectivity index (χ2n) is 0.577. The van der Waals surface area contributed by atoms with Crippen LogP contribution in [-0.2, 0) is 0 Å². The third-order valence-corrected chi connectivity index (χ3v) is 0.192. The van der Waals surface area contributed by atoms with Crippen LogP contribution in [0, 0.1) is 0 Å². The molecule has 1 rings (SSSR count). The average Bonchev–Trinajstić information content (AvgIpc) is 1.46. The minimum absolute atomic E-state index is 0. The molecule has 14 valence electrons. The summed E-state index contributed by atoms with van der Waals surface area (Å²) >= 11 is 0. The van der Waals surface area contributed by atoms with E-state index in [0.29, 0.717) is 0 Å². The average molecular weight is 43.8 g/mol. The van der Waals surface area contributed by atoms with Gasteiger partial charge in [-0.1, -0.05) is 0 Å². The predicted molar refractivity (Wildman–Crippen MR) is 14.9 cm³/mol. The molecule has 0 aromatic carbocycles. The van der Waals surface area contributed by atoms with Gasteiger partial charge in [-0.25, -0.2) is 0 Å². The zero-order valence-electron chi connectivity index (χ0n) is 2.73. The van der Waals surface area contributed by atoms with Crippen molar-refractivity contribution in [2.24, 2.45) is 0 Å². The number of hydrogen-bond donors (Lipinski definition) is 0. The maximum atomic E-state index is 2.00. The van der Waals surface area contributed by atoms with Gasteiger partial charge in [-0.2, -0.15) is 0 Å². The van der Waals surface area contributed by atoms with E-state index < -0.39 is 0 Å². The fraction of sp³-hybridized carbons (Fsp3) is 0. The van der Waals surface area contributed by atoms with Crippen LogP contribution in [0.25, 0.3) is 0 Å². The Labute approximate surface area is 38.7 Å². The van der Waals surface area contributed by atoms with Gasteiger partial charge in [0.1, 0.15) is 0 Å². The van der Waals surface area contributed by atoms with Gasteiger partial charge in [-0.15, -0.1) is 0 Å². The van der Waals surface area contributed by atoms with E-state index in [2.05, 4.69) is 0 Å². The summed E-state index contributed by atoms with van der Waals surface area (Å²) < 4.78 is 0. The van der Waals surface area contributed by atoms with Crippen LogP contribution in [0.15, 0.2) is 12.0 Å². The van der Waals surface area contributed by atoms with Gasteiger partial charge in [-0.05, 0) is 0 Å². The van der Waals surface area contributed by atoms with Crippen LogP contribution in [0.2, 0.25) is 0 Å². The maximum absolute atomic E-state index is 2.00. The molecule has 1 heterocycles. The normalized spacial score (nSPS) is 14.0. The third kappa shape index (κ3) is 2.40. The monoisotopic (exact) mass is 44.0 g/mol. The van der Waals surface area contributed by atoms with Crippen molar-refractivity contribution in [2.75, 3.05) is 0 Å². The molecule has 0 fully saturated rings. The van der Waals surface area contributed by atoms with Gasteiger partial charge in [0, 0.05) is 0 Å². The molecule has 0 aromatic rings. The Morgan fingerprint density at radius 2 is 1.50 bits per heavy atom. The Bertz CT molecular complexity index is 29.0. The standard InChI is InChI=1S/C2H2B.Li/c1-2-3-1;/h1-2H;/q-1;+1. The van der Waals surface area contributed by atoms with Crippen molar-refractivity contribution in [1.29, 1.82) is 0 Å². The zero-order valence-corrected chi connectivity index (χ0v) is 2.73. The summed E-state index contributed by atoms with van der Waals surface area (Å²) in [5, 5.41) is 0. The van der Waals surface area contributed by atoms with E-state index in [1.807, 2.05) is 19.2 Å². The van der Waals surface area contributed by atoms with Gasteiger partial charge < -0.3 is 12.0 Å². The minimum Gasteiger partial charge on any atom is -0.358 e. The van der Waals surface area contributed by atoms with Crippen molar-refractivity contribution in [1.82, 2.24) is 0 Å². The van der Waals surface area contributed by atoms with Gasteiger partial charge >= 0.3 is 18.9 Å². The molecule has 1 aliphatic rings. The molecule has 0 nitrogen and oxygen atoms in total. The summed E-state index contributed by atoms with van der Waals surface area (Å²) in [5.74, 6) is 4.00. The summed E-state index contributed by atoms with van der Waals surface area (Å²) in [4.78, 5) is 0. The quantitative estimate of drug-likeness (QED) is 0.257. The van der Waals surface area contributed by atoms with Crippen molar-refractivity contribution in [3.63, 3.8) is 0 Å². The fourth-order valence-electron chi connectivity index (χ4n) is 0. The summed E-state index contributed by atoms with van der Waals surface area (Å²) in [6.45, 7) is 0. The molecule has 0 unspecified atom stereocenters. The third-order valence-electron chi connectivity index (χ3n) is 0.192. The largest absolute Gasteiger partial charge is 1.00 e. The van der Waals surface area contributed by atoms with E-state index in [4.69, 9.17) is 0 Å². The van der Waals surface area contributed by atoms with E-state index in [9.17, 15) is 0 Å². The first kappa shape index (κ1) is 4.40. The van der Waals surface area contributed by atoms with Crippen LogP contribution < -0.4 is 18.9 Å². The molecule has 1 aliphatic heterocycles. The Morgan fingerprint density at radius 1 is 1.25 bits per heavy atom. The van der Waals surface area contributed by atoms with Crippen molar-refractivity contribution in [3.05, 3.63) is 12.0 Å². The molecule has 0 amide bonds. The summed E-state index contributed by atoms with van der Waals surface area (Å²) in [7, 11) is 2.00. The first-order chi connectivity index (χ1) is 1.50. The number of rotatable bonds is 0. The van der Waals surface area contributed by atoms with Crippen molar-refractivity contribution >= 4 is 7.28 Å². The molecule has 2 radical (unpaired) electrons. The molecule has 2 heteroatoms. The van der Waals surface area contributed by atoms with Crippen molar-refractivity contribution < 1.29 is 18.9 Å². The molecule has 0 aromatic heterocycles. The van der Waals surface area contributed by atoms with E-state index in [-0.39, 0.29) is 18.9 Å². The van der Waals surface area contributed by atoms with E-state index in [1.54, 1.807) is 0 Å². The van der Waals surface area contributed by atoms with Crippen LogP contribution in [0.1, 0.15) is 0 Å². The van der Waals surface area contributed by atoms with Crippen molar-refractivity contribution in [2.45, 2.75) is 0 Å². The Kier molecular flexibility index (Phi) is 1.87. The molecule has 0 atom stereocenters. The topological polar surface area (TPSA) is 0 Å². The smallest absolute Gasteiger partial charge is 0.358 e. The van der Waals surface area contributed by atoms with E-state index in [1.165, 1.54) is 0 Å². The van der Waals surface area contributed by atoms with Gasteiger partial charge in [0.05, 0.1) is 0 Å². The molecule has 4 heavy (non-hydrogen) atoms. The van der Waals surface area contributed by atoms with Gasteiger partial charge in [-0.3, -0.25) is 7.28 Å². The fourth-order valence-corrected chi connectivity index (χ4v) is 0. The molecule has 0 spiro atoms. The van der Waals surface area contributed by atoms with Gasteiger partial charge in [0.25, 0.3) is 0 Å². The summed E-state index contributed by atoms with van der Waals surface area (Å²) in [6, 6.07) is 0. The summed E-state index contributed by atoms with van der Waals surface area (Å²) in [5.41, 5.74) is 0. The molecule has 0 bridgehead atoms. The first-order valence-corrected chi connectivity index (χ1v) is 1.00. The summed E-state index contributed by atoms with van der Waals surface area (Å²) in [6.07, 6.45) is 0. The SMILES string of the molecule is [B-]1C=C1.[Li+]. The van der Waals surface area contributed by atoms with Gasteiger partial charge in [0.2, 0.25) is 0 Å². The zero-order chi connectivity index (χ0) is 2.12. The van der Waals surface area contributed by atoms with Gasteiger partial charge in [0.15, 0.2) is 0 Å². The van der Waals surface area contributed by atoms with Crippen LogP contribution in [0.3, 0.4) is 0 Å². The van der Waals surface area contributed by atoms with Crippen LogP contribution >= 0.6 is 0 Å². The molecular formula is C2H2BLi. The first-order valence-electron chi connectivity index (χ1n) is 1.00. The minimum atomic E-state index is 0. The predicted octanol–water partition coefficient (Wildman–Crippen LogP) is -2.82. The van der Waals surface area contributed by atoms with Crippen molar-refractivity contribution in [3.8, 4) is 0 Å². The van der Waals surface area contributed by atoms with E-state index >= 15 is 0 Å². The molecule has 0 saturated carbocycles. The van der Waals surface area contributed by atoms with Crippen LogP contribution in [0.5, 0.6) is 0 Å². The molecule has 0 aliphatic carbocycles. The molecule has 0 saturated heterocycles. The second kappa shape index (κ2) is 1.70. The molecule has 0 N–H and O–H groups in total. The Hall–Kier alpha value is 0.402.